The van der Waals surface area contributed by atoms with Crippen LogP contribution in [0.5, 0.6) is 5.75 Å². The van der Waals surface area contributed by atoms with Gasteiger partial charge >= 0.3 is 0 Å². The molecule has 0 bridgehead atoms. The number of likely N-dealkylation sites (N-methyl/N-ethyl adjacent to an activating group) is 1. The molecule has 1 aromatic rings. The van der Waals surface area contributed by atoms with Gasteiger partial charge in [-0.2, -0.15) is 0 Å². The minimum absolute atomic E-state index is 0.557. The van der Waals surface area contributed by atoms with E-state index in [2.05, 4.69) is 53.2 Å². The Morgan fingerprint density at radius 3 is 2.44 bits per heavy atom. The summed E-state index contributed by atoms with van der Waals surface area (Å²) in [7, 11) is 6.52. The second-order valence-electron chi connectivity index (χ2n) is 5.59. The highest BCUT2D eigenvalue weighted by Gasteiger charge is 2.07. The van der Waals surface area contributed by atoms with Crippen LogP contribution >= 0.6 is 0 Å². The van der Waals surface area contributed by atoms with Crippen LogP contribution in [-0.4, -0.2) is 38.8 Å². The summed E-state index contributed by atoms with van der Waals surface area (Å²) >= 11 is 0. The third-order valence-electron chi connectivity index (χ3n) is 2.56. The van der Waals surface area contributed by atoms with E-state index >= 15 is 0 Å². The minimum Gasteiger partial charge on any atom is -0.488 e. The maximum absolute atomic E-state index is 5.76. The van der Waals surface area contributed by atoms with Crippen molar-refractivity contribution in [1.82, 2.24) is 0 Å². The molecule has 0 saturated carbocycles. The van der Waals surface area contributed by atoms with Crippen molar-refractivity contribution in [2.75, 3.05) is 34.3 Å². The first-order valence-electron chi connectivity index (χ1n) is 5.92. The summed E-state index contributed by atoms with van der Waals surface area (Å²) in [6.45, 7) is 6.19. The molecule has 0 fully saturated rings. The predicted octanol–water partition coefficient (Wildman–Crippen LogP) is 2.90. The van der Waals surface area contributed by atoms with Gasteiger partial charge in [0.1, 0.15) is 18.9 Å². The molecule has 0 N–H and O–H groups in total. The van der Waals surface area contributed by atoms with Crippen molar-refractivity contribution in [3.8, 4) is 5.75 Å². The molecule has 0 spiro atoms. The zero-order valence-electron chi connectivity index (χ0n) is 11.2. The van der Waals surface area contributed by atoms with Gasteiger partial charge in [0, 0.05) is 0 Å². The fourth-order valence-corrected chi connectivity index (χ4v) is 1.40. The van der Waals surface area contributed by atoms with Gasteiger partial charge in [-0.25, -0.2) is 0 Å². The summed E-state index contributed by atoms with van der Waals surface area (Å²) in [4.78, 5) is 0. The molecule has 2 nitrogen and oxygen atoms in total. The Morgan fingerprint density at radius 1 is 1.19 bits per heavy atom. The predicted molar refractivity (Wildman–Crippen MR) is 68.9 cm³/mol. The van der Waals surface area contributed by atoms with E-state index in [-0.39, 0.29) is 0 Å². The van der Waals surface area contributed by atoms with Crippen molar-refractivity contribution in [3.05, 3.63) is 29.8 Å². The van der Waals surface area contributed by atoms with Gasteiger partial charge in [-0.1, -0.05) is 26.0 Å². The van der Waals surface area contributed by atoms with Gasteiger partial charge in [0.15, 0.2) is 0 Å². The SMILES string of the molecule is CC(C)c1cccc(OCC[N+](C)(C)C)c1. The largest absolute Gasteiger partial charge is 0.488 e. The third-order valence-corrected chi connectivity index (χ3v) is 2.56. The summed E-state index contributed by atoms with van der Waals surface area (Å²) in [5.41, 5.74) is 1.34. The lowest BCUT2D eigenvalue weighted by atomic mass is 10.0. The number of rotatable bonds is 5. The first kappa shape index (κ1) is 13.0. The van der Waals surface area contributed by atoms with Crippen molar-refractivity contribution in [3.63, 3.8) is 0 Å². The van der Waals surface area contributed by atoms with E-state index in [0.29, 0.717) is 5.92 Å². The minimum atomic E-state index is 0.557. The Morgan fingerprint density at radius 2 is 1.88 bits per heavy atom. The molecule has 0 saturated heterocycles. The molecule has 1 aromatic carbocycles. The molecular weight excluding hydrogens is 198 g/mol. The number of benzene rings is 1. The van der Waals surface area contributed by atoms with Gasteiger partial charge in [0.2, 0.25) is 0 Å². The highest BCUT2D eigenvalue weighted by molar-refractivity contribution is 5.30. The summed E-state index contributed by atoms with van der Waals surface area (Å²) < 4.78 is 6.69. The maximum atomic E-state index is 5.76. The molecule has 0 aliphatic heterocycles. The summed E-state index contributed by atoms with van der Waals surface area (Å²) in [6, 6.07) is 8.38. The van der Waals surface area contributed by atoms with Crippen molar-refractivity contribution >= 4 is 0 Å². The van der Waals surface area contributed by atoms with E-state index in [4.69, 9.17) is 4.74 Å². The highest BCUT2D eigenvalue weighted by atomic mass is 16.5. The van der Waals surface area contributed by atoms with E-state index in [1.165, 1.54) is 5.56 Å². The van der Waals surface area contributed by atoms with Gasteiger partial charge in [-0.15, -0.1) is 0 Å². The molecule has 0 aromatic heterocycles. The lowest BCUT2D eigenvalue weighted by Crippen LogP contribution is -2.38. The highest BCUT2D eigenvalue weighted by Crippen LogP contribution is 2.19. The Hall–Kier alpha value is -1.02. The Bertz CT molecular complexity index is 326. The standard InChI is InChI=1S/C14H24NO/c1-12(2)13-7-6-8-14(11-13)16-10-9-15(3,4)5/h6-8,11-12H,9-10H2,1-5H3/q+1. The van der Waals surface area contributed by atoms with Gasteiger partial charge in [0.25, 0.3) is 0 Å². The van der Waals surface area contributed by atoms with Crippen LogP contribution in [-0.2, 0) is 0 Å². The van der Waals surface area contributed by atoms with Crippen molar-refractivity contribution < 1.29 is 9.22 Å². The Balaban J connectivity index is 2.51. The van der Waals surface area contributed by atoms with Crippen molar-refractivity contribution in [1.29, 1.82) is 0 Å². The van der Waals surface area contributed by atoms with Crippen LogP contribution in [0.3, 0.4) is 0 Å². The molecule has 0 amide bonds. The molecule has 0 atom stereocenters. The molecule has 0 unspecified atom stereocenters. The molecule has 0 heterocycles. The summed E-state index contributed by atoms with van der Waals surface area (Å²) in [5.74, 6) is 1.54. The van der Waals surface area contributed by atoms with Crippen LogP contribution in [0.1, 0.15) is 25.3 Å². The first-order valence-corrected chi connectivity index (χ1v) is 5.92. The van der Waals surface area contributed by atoms with Crippen molar-refractivity contribution in [2.45, 2.75) is 19.8 Å². The third kappa shape index (κ3) is 4.67. The number of quaternary nitrogens is 1. The Kier molecular flexibility index (Phi) is 4.36. The fourth-order valence-electron chi connectivity index (χ4n) is 1.40. The normalized spacial score (nSPS) is 11.9. The molecule has 16 heavy (non-hydrogen) atoms. The van der Waals surface area contributed by atoms with Crippen molar-refractivity contribution in [2.24, 2.45) is 0 Å². The smallest absolute Gasteiger partial charge is 0.137 e. The zero-order valence-corrected chi connectivity index (χ0v) is 11.2. The fraction of sp³-hybridized carbons (Fsp3) is 0.571. The maximum Gasteiger partial charge on any atom is 0.137 e. The second kappa shape index (κ2) is 5.35. The van der Waals surface area contributed by atoms with Gasteiger partial charge in [0.05, 0.1) is 21.1 Å². The topological polar surface area (TPSA) is 9.23 Å². The average Bonchev–Trinajstić information content (AvgIpc) is 2.16. The van der Waals surface area contributed by atoms with E-state index in [0.717, 1.165) is 23.4 Å². The number of hydrogen-bond donors (Lipinski definition) is 0. The Labute approximate surface area is 99.4 Å². The first-order chi connectivity index (χ1) is 7.38. The number of ether oxygens (including phenoxy) is 1. The summed E-state index contributed by atoms with van der Waals surface area (Å²) in [6.07, 6.45) is 0. The van der Waals surface area contributed by atoms with Gasteiger partial charge < -0.3 is 9.22 Å². The van der Waals surface area contributed by atoms with Gasteiger partial charge in [-0.3, -0.25) is 0 Å². The lowest BCUT2D eigenvalue weighted by molar-refractivity contribution is -0.870. The quantitative estimate of drug-likeness (QED) is 0.696. The average molecular weight is 222 g/mol. The van der Waals surface area contributed by atoms with Gasteiger partial charge in [-0.05, 0) is 23.6 Å². The molecule has 0 radical (unpaired) electrons. The van der Waals surface area contributed by atoms with E-state index in [1.54, 1.807) is 0 Å². The van der Waals surface area contributed by atoms with E-state index < -0.39 is 0 Å². The molecule has 90 valence electrons. The molecule has 0 aliphatic rings. The second-order valence-corrected chi connectivity index (χ2v) is 5.59. The van der Waals surface area contributed by atoms with Crippen LogP contribution in [0.25, 0.3) is 0 Å². The zero-order chi connectivity index (χ0) is 12.2. The number of hydrogen-bond acceptors (Lipinski definition) is 1. The lowest BCUT2D eigenvalue weighted by Gasteiger charge is -2.23. The van der Waals surface area contributed by atoms with E-state index in [9.17, 15) is 0 Å². The van der Waals surface area contributed by atoms with Crippen LogP contribution in [0, 0.1) is 0 Å². The summed E-state index contributed by atoms with van der Waals surface area (Å²) in [5, 5.41) is 0. The van der Waals surface area contributed by atoms with Crippen LogP contribution in [0.2, 0.25) is 0 Å². The van der Waals surface area contributed by atoms with Crippen LogP contribution in [0.4, 0.5) is 0 Å². The van der Waals surface area contributed by atoms with Crippen LogP contribution < -0.4 is 4.74 Å². The molecule has 2 heteroatoms. The molecule has 0 aliphatic carbocycles. The van der Waals surface area contributed by atoms with Crippen LogP contribution in [0.15, 0.2) is 24.3 Å². The van der Waals surface area contributed by atoms with E-state index in [1.807, 2.05) is 6.07 Å². The monoisotopic (exact) mass is 222 g/mol. The molecule has 1 rings (SSSR count). The molecular formula is C14H24NO+. The number of nitrogens with zero attached hydrogens (tertiary/aromatic N) is 1.